The molecule has 0 saturated heterocycles. The minimum Gasteiger partial charge on any atom is -0.457 e. The van der Waals surface area contributed by atoms with Gasteiger partial charge in [0.15, 0.2) is 0 Å². The molecule has 6 heteroatoms. The van der Waals surface area contributed by atoms with Crippen LogP contribution in [-0.4, -0.2) is 10.9 Å². The Kier molecular flexibility index (Phi) is 5.30. The number of ether oxygens (including phenoxy) is 1. The molecule has 0 bridgehead atoms. The summed E-state index contributed by atoms with van der Waals surface area (Å²) >= 11 is 3.41. The zero-order valence-corrected chi connectivity index (χ0v) is 14.9. The zero-order valence-electron chi connectivity index (χ0n) is 13.3. The maximum atomic E-state index is 12.1. The molecule has 0 saturated carbocycles. The van der Waals surface area contributed by atoms with Gasteiger partial charge in [-0.1, -0.05) is 34.1 Å². The fraction of sp³-hybridized carbons (Fsp3) is 0.0526. The molecule has 5 nitrogen and oxygen atoms in total. The van der Waals surface area contributed by atoms with Gasteiger partial charge in [-0.3, -0.25) is 4.79 Å². The van der Waals surface area contributed by atoms with Crippen LogP contribution in [0.1, 0.15) is 15.9 Å². The smallest absolute Gasteiger partial charge is 0.255 e. The summed E-state index contributed by atoms with van der Waals surface area (Å²) in [5.74, 6) is 1.45. The molecule has 3 N–H and O–H groups in total. The normalized spacial score (nSPS) is 10.3. The number of carbonyl (C=O) groups excluding carboxylic acids is 1. The van der Waals surface area contributed by atoms with Gasteiger partial charge < -0.3 is 15.8 Å². The number of nitrogens with one attached hydrogen (secondary N) is 1. The van der Waals surface area contributed by atoms with Crippen molar-refractivity contribution < 1.29 is 9.53 Å². The molecule has 25 heavy (non-hydrogen) atoms. The van der Waals surface area contributed by atoms with Gasteiger partial charge in [-0.25, -0.2) is 4.98 Å². The van der Waals surface area contributed by atoms with Crippen LogP contribution in [0.25, 0.3) is 0 Å². The first-order chi connectivity index (χ1) is 12.1. The van der Waals surface area contributed by atoms with Gasteiger partial charge in [0.25, 0.3) is 5.91 Å². The van der Waals surface area contributed by atoms with E-state index in [4.69, 9.17) is 10.5 Å². The topological polar surface area (TPSA) is 77.2 Å². The van der Waals surface area contributed by atoms with E-state index >= 15 is 0 Å². The van der Waals surface area contributed by atoms with E-state index in [1.165, 1.54) is 0 Å². The van der Waals surface area contributed by atoms with E-state index in [0.717, 1.165) is 21.5 Å². The Bertz CT molecular complexity index is 882. The first kappa shape index (κ1) is 17.0. The largest absolute Gasteiger partial charge is 0.457 e. The summed E-state index contributed by atoms with van der Waals surface area (Å²) in [7, 11) is 0. The molecular weight excluding hydrogens is 382 g/mol. The number of nitrogens with zero attached hydrogens (tertiary/aromatic N) is 1. The van der Waals surface area contributed by atoms with Crippen molar-refractivity contribution in [1.82, 2.24) is 10.3 Å². The number of hydrogen-bond acceptors (Lipinski definition) is 4. The molecule has 1 amide bonds. The molecule has 0 aliphatic heterocycles. The number of anilines is 1. The molecular formula is C19H16BrN3O2. The summed E-state index contributed by atoms with van der Waals surface area (Å²) in [6.45, 7) is 0.393. The maximum Gasteiger partial charge on any atom is 0.255 e. The number of hydrogen-bond donors (Lipinski definition) is 2. The maximum absolute atomic E-state index is 12.1. The number of carbonyl (C=O) groups is 1. The number of halogens is 1. The molecule has 0 spiro atoms. The van der Waals surface area contributed by atoms with E-state index in [1.807, 2.05) is 48.5 Å². The molecule has 0 fully saturated rings. The Morgan fingerprint density at radius 1 is 1.08 bits per heavy atom. The molecule has 0 radical (unpaired) electrons. The van der Waals surface area contributed by atoms with Crippen LogP contribution in [0.2, 0.25) is 0 Å². The third-order valence-electron chi connectivity index (χ3n) is 3.49. The molecule has 0 aliphatic rings. The van der Waals surface area contributed by atoms with Gasteiger partial charge in [0.1, 0.15) is 17.3 Å². The van der Waals surface area contributed by atoms with Crippen molar-refractivity contribution in [3.63, 3.8) is 0 Å². The van der Waals surface area contributed by atoms with Crippen LogP contribution in [0, 0.1) is 0 Å². The third kappa shape index (κ3) is 4.58. The van der Waals surface area contributed by atoms with Gasteiger partial charge in [0, 0.05) is 17.2 Å². The Hall–Kier alpha value is -2.86. The summed E-state index contributed by atoms with van der Waals surface area (Å²) in [6, 6.07) is 18.5. The number of amides is 1. The Labute approximate surface area is 154 Å². The highest BCUT2D eigenvalue weighted by Gasteiger charge is 2.09. The summed E-state index contributed by atoms with van der Waals surface area (Å²) in [5.41, 5.74) is 7.03. The summed E-state index contributed by atoms with van der Waals surface area (Å²) in [6.07, 6.45) is 1.55. The highest BCUT2D eigenvalue weighted by atomic mass is 79.9. The third-order valence-corrected chi connectivity index (χ3v) is 3.98. The Morgan fingerprint density at radius 3 is 2.60 bits per heavy atom. The van der Waals surface area contributed by atoms with E-state index in [-0.39, 0.29) is 11.7 Å². The molecule has 0 atom stereocenters. The van der Waals surface area contributed by atoms with Crippen LogP contribution < -0.4 is 15.8 Å². The van der Waals surface area contributed by atoms with Gasteiger partial charge in [-0.2, -0.15) is 0 Å². The highest BCUT2D eigenvalue weighted by molar-refractivity contribution is 9.10. The van der Waals surface area contributed by atoms with Crippen LogP contribution in [0.4, 0.5) is 5.82 Å². The first-order valence-corrected chi connectivity index (χ1v) is 8.42. The van der Waals surface area contributed by atoms with E-state index in [2.05, 4.69) is 26.2 Å². The van der Waals surface area contributed by atoms with Crippen molar-refractivity contribution in [1.29, 1.82) is 0 Å². The molecule has 2 aromatic carbocycles. The second-order valence-corrected chi connectivity index (χ2v) is 6.24. The highest BCUT2D eigenvalue weighted by Crippen LogP contribution is 2.24. The van der Waals surface area contributed by atoms with Crippen LogP contribution in [-0.2, 0) is 6.54 Å². The zero-order chi connectivity index (χ0) is 17.6. The van der Waals surface area contributed by atoms with Crippen molar-refractivity contribution in [3.8, 4) is 11.5 Å². The minimum absolute atomic E-state index is 0.220. The standard InChI is InChI=1S/C19H16BrN3O2/c20-14-3-1-4-16(11-14)25-15-8-6-13(7-9-15)12-23-19(24)17-5-2-10-22-18(17)21/h1-11H,12H2,(H2,21,22)(H,23,24). The summed E-state index contributed by atoms with van der Waals surface area (Å²) in [4.78, 5) is 16.0. The second-order valence-electron chi connectivity index (χ2n) is 5.32. The summed E-state index contributed by atoms with van der Waals surface area (Å²) in [5, 5.41) is 2.83. The Morgan fingerprint density at radius 2 is 1.88 bits per heavy atom. The average Bonchev–Trinajstić information content (AvgIpc) is 2.61. The lowest BCUT2D eigenvalue weighted by molar-refractivity contribution is 0.0951. The molecule has 0 unspecified atom stereocenters. The van der Waals surface area contributed by atoms with Crippen LogP contribution in [0.15, 0.2) is 71.3 Å². The van der Waals surface area contributed by atoms with Crippen LogP contribution in [0.3, 0.4) is 0 Å². The fourth-order valence-electron chi connectivity index (χ4n) is 2.23. The van der Waals surface area contributed by atoms with E-state index in [1.54, 1.807) is 18.3 Å². The average molecular weight is 398 g/mol. The molecule has 3 aromatic rings. The van der Waals surface area contributed by atoms with Crippen LogP contribution >= 0.6 is 15.9 Å². The first-order valence-electron chi connectivity index (χ1n) is 7.63. The van der Waals surface area contributed by atoms with Gasteiger partial charge in [-0.15, -0.1) is 0 Å². The second kappa shape index (κ2) is 7.81. The van der Waals surface area contributed by atoms with Crippen molar-refractivity contribution in [3.05, 3.63) is 82.5 Å². The number of benzene rings is 2. The van der Waals surface area contributed by atoms with Gasteiger partial charge in [-0.05, 0) is 48.0 Å². The SMILES string of the molecule is Nc1ncccc1C(=O)NCc1ccc(Oc2cccc(Br)c2)cc1. The minimum atomic E-state index is -0.250. The number of rotatable bonds is 5. The molecule has 126 valence electrons. The fourth-order valence-corrected chi connectivity index (χ4v) is 2.61. The lowest BCUT2D eigenvalue weighted by Gasteiger charge is -2.09. The predicted molar refractivity (Wildman–Crippen MR) is 100 cm³/mol. The monoisotopic (exact) mass is 397 g/mol. The van der Waals surface area contributed by atoms with Gasteiger partial charge in [0.05, 0.1) is 5.56 Å². The molecule has 0 aliphatic carbocycles. The summed E-state index contributed by atoms with van der Waals surface area (Å²) < 4.78 is 6.74. The quantitative estimate of drug-likeness (QED) is 0.677. The van der Waals surface area contributed by atoms with E-state index in [9.17, 15) is 4.79 Å². The van der Waals surface area contributed by atoms with E-state index < -0.39 is 0 Å². The van der Waals surface area contributed by atoms with E-state index in [0.29, 0.717) is 12.1 Å². The Balaban J connectivity index is 1.59. The van der Waals surface area contributed by atoms with Crippen molar-refractivity contribution >= 4 is 27.7 Å². The predicted octanol–water partition coefficient (Wildman–Crippen LogP) is 4.15. The van der Waals surface area contributed by atoms with Crippen LogP contribution in [0.5, 0.6) is 11.5 Å². The lowest BCUT2D eigenvalue weighted by Crippen LogP contribution is -2.24. The molecule has 3 rings (SSSR count). The van der Waals surface area contributed by atoms with Gasteiger partial charge in [0.2, 0.25) is 0 Å². The van der Waals surface area contributed by atoms with Crippen molar-refractivity contribution in [2.75, 3.05) is 5.73 Å². The number of pyridine rings is 1. The molecule has 1 aromatic heterocycles. The number of nitrogen functional groups attached to an aromatic ring is 1. The van der Waals surface area contributed by atoms with Gasteiger partial charge >= 0.3 is 0 Å². The van der Waals surface area contributed by atoms with Crippen molar-refractivity contribution in [2.45, 2.75) is 6.54 Å². The number of aromatic nitrogens is 1. The number of nitrogens with two attached hydrogens (primary N) is 1. The van der Waals surface area contributed by atoms with Crippen molar-refractivity contribution in [2.24, 2.45) is 0 Å². The lowest BCUT2D eigenvalue weighted by atomic mass is 10.2. The molecule has 1 heterocycles.